The highest BCUT2D eigenvalue weighted by Gasteiger charge is 2.38. The minimum absolute atomic E-state index is 0.0584. The van der Waals surface area contributed by atoms with Crippen molar-refractivity contribution in [3.05, 3.63) is 51.9 Å². The number of para-hydroxylation sites is 1. The van der Waals surface area contributed by atoms with Crippen LogP contribution in [0.5, 0.6) is 0 Å². The van der Waals surface area contributed by atoms with E-state index < -0.39 is 29.2 Å². The Morgan fingerprint density at radius 1 is 1.19 bits per heavy atom. The van der Waals surface area contributed by atoms with Gasteiger partial charge in [0.15, 0.2) is 0 Å². The van der Waals surface area contributed by atoms with Gasteiger partial charge in [0.2, 0.25) is 0 Å². The number of nitrogens with one attached hydrogen (secondary N) is 1. The van der Waals surface area contributed by atoms with E-state index >= 15 is 0 Å². The lowest BCUT2D eigenvalue weighted by molar-refractivity contribution is 0.0281. The standard InChI is InChI=1S/C23H32N4O5/c1-6-26-15(2)19(21(30)27(26)17-10-8-7-9-11-17)20(29)24-18-13-25(12-16(18)14-28)22(31)32-23(3,4)5/h7-11,16,18,28H,6,12-14H2,1-5H3,(H,24,29). The number of likely N-dealkylation sites (tertiary alicyclic amines) is 1. The SMILES string of the molecule is CCn1c(C)c(C(=O)NC2CN(C(=O)OC(C)(C)C)CC2CO)c(=O)n1-c1ccccc1. The fourth-order valence-electron chi connectivity index (χ4n) is 4.05. The smallest absolute Gasteiger partial charge is 0.410 e. The van der Waals surface area contributed by atoms with Crippen molar-refractivity contribution in [2.75, 3.05) is 19.7 Å². The number of ether oxygens (including phenoxy) is 1. The lowest BCUT2D eigenvalue weighted by Crippen LogP contribution is -2.43. The minimum Gasteiger partial charge on any atom is -0.444 e. The van der Waals surface area contributed by atoms with Crippen molar-refractivity contribution < 1.29 is 19.4 Å². The van der Waals surface area contributed by atoms with E-state index in [4.69, 9.17) is 4.74 Å². The van der Waals surface area contributed by atoms with Crippen LogP contribution < -0.4 is 10.9 Å². The van der Waals surface area contributed by atoms with Crippen LogP contribution in [0.2, 0.25) is 0 Å². The van der Waals surface area contributed by atoms with Gasteiger partial charge in [0.1, 0.15) is 11.2 Å². The van der Waals surface area contributed by atoms with Crippen LogP contribution in [0, 0.1) is 12.8 Å². The molecule has 3 rings (SSSR count). The van der Waals surface area contributed by atoms with Gasteiger partial charge in [-0.25, -0.2) is 9.48 Å². The molecule has 2 aromatic rings. The van der Waals surface area contributed by atoms with Crippen molar-refractivity contribution >= 4 is 12.0 Å². The van der Waals surface area contributed by atoms with Crippen LogP contribution >= 0.6 is 0 Å². The molecule has 174 valence electrons. The predicted octanol–water partition coefficient (Wildman–Crippen LogP) is 1.92. The summed E-state index contributed by atoms with van der Waals surface area (Å²) >= 11 is 0. The average molecular weight is 445 g/mol. The van der Waals surface area contributed by atoms with Crippen LogP contribution in [0.1, 0.15) is 43.7 Å². The van der Waals surface area contributed by atoms with Gasteiger partial charge in [0.05, 0.1) is 17.4 Å². The molecule has 9 heteroatoms. The molecule has 2 unspecified atom stereocenters. The van der Waals surface area contributed by atoms with E-state index in [1.165, 1.54) is 9.58 Å². The van der Waals surface area contributed by atoms with Crippen LogP contribution in [-0.2, 0) is 11.3 Å². The predicted molar refractivity (Wildman–Crippen MR) is 120 cm³/mol. The maximum absolute atomic E-state index is 13.2. The largest absolute Gasteiger partial charge is 0.444 e. The van der Waals surface area contributed by atoms with Crippen molar-refractivity contribution in [2.45, 2.75) is 52.8 Å². The maximum atomic E-state index is 13.2. The Labute approximate surface area is 187 Å². The molecule has 1 saturated heterocycles. The first-order valence-electron chi connectivity index (χ1n) is 10.8. The first-order valence-corrected chi connectivity index (χ1v) is 10.8. The van der Waals surface area contributed by atoms with Crippen molar-refractivity contribution in [1.29, 1.82) is 0 Å². The Kier molecular flexibility index (Phi) is 6.78. The Balaban J connectivity index is 1.85. The van der Waals surface area contributed by atoms with E-state index in [0.717, 1.165) is 0 Å². The van der Waals surface area contributed by atoms with E-state index in [2.05, 4.69) is 5.32 Å². The number of carbonyl (C=O) groups excluding carboxylic acids is 2. The third-order valence-electron chi connectivity index (χ3n) is 5.57. The topological polar surface area (TPSA) is 106 Å². The van der Waals surface area contributed by atoms with Crippen molar-refractivity contribution in [1.82, 2.24) is 19.6 Å². The van der Waals surface area contributed by atoms with Crippen molar-refractivity contribution in [3.63, 3.8) is 0 Å². The number of rotatable bonds is 5. The summed E-state index contributed by atoms with van der Waals surface area (Å²) in [5.41, 5.74) is 0.238. The second-order valence-electron chi connectivity index (χ2n) is 9.04. The van der Waals surface area contributed by atoms with Crippen molar-refractivity contribution in [3.8, 4) is 5.69 Å². The molecular formula is C23H32N4O5. The molecule has 32 heavy (non-hydrogen) atoms. The molecule has 1 fully saturated rings. The van der Waals surface area contributed by atoms with Gasteiger partial charge in [-0.15, -0.1) is 0 Å². The van der Waals surface area contributed by atoms with Gasteiger partial charge in [-0.05, 0) is 46.8 Å². The van der Waals surface area contributed by atoms with Gasteiger partial charge in [-0.2, -0.15) is 0 Å². The fraction of sp³-hybridized carbons (Fsp3) is 0.522. The number of nitrogens with zero attached hydrogens (tertiary/aromatic N) is 3. The van der Waals surface area contributed by atoms with Crippen LogP contribution in [0.25, 0.3) is 5.69 Å². The van der Waals surface area contributed by atoms with Crippen LogP contribution in [0.15, 0.2) is 35.1 Å². The second-order valence-corrected chi connectivity index (χ2v) is 9.04. The number of hydrogen-bond acceptors (Lipinski definition) is 5. The highest BCUT2D eigenvalue weighted by molar-refractivity contribution is 5.95. The quantitative estimate of drug-likeness (QED) is 0.733. The van der Waals surface area contributed by atoms with E-state index in [0.29, 0.717) is 17.9 Å². The molecule has 0 radical (unpaired) electrons. The van der Waals surface area contributed by atoms with Gasteiger partial charge < -0.3 is 20.1 Å². The summed E-state index contributed by atoms with van der Waals surface area (Å²) < 4.78 is 8.67. The van der Waals surface area contributed by atoms with Crippen LogP contribution in [-0.4, -0.2) is 62.7 Å². The normalized spacial score (nSPS) is 18.6. The van der Waals surface area contributed by atoms with Crippen molar-refractivity contribution in [2.24, 2.45) is 5.92 Å². The molecule has 2 amide bonds. The zero-order valence-corrected chi connectivity index (χ0v) is 19.3. The number of aliphatic hydroxyl groups is 1. The summed E-state index contributed by atoms with van der Waals surface area (Å²) in [7, 11) is 0. The molecule has 1 aromatic carbocycles. The molecule has 0 bridgehead atoms. The molecule has 1 aliphatic heterocycles. The molecular weight excluding hydrogens is 412 g/mol. The Hall–Kier alpha value is -3.07. The van der Waals surface area contributed by atoms with Crippen LogP contribution in [0.4, 0.5) is 4.79 Å². The monoisotopic (exact) mass is 444 g/mol. The number of benzene rings is 1. The van der Waals surface area contributed by atoms with E-state index in [1.807, 2.05) is 37.3 Å². The first-order chi connectivity index (χ1) is 15.1. The Morgan fingerprint density at radius 2 is 1.84 bits per heavy atom. The molecule has 9 nitrogen and oxygen atoms in total. The molecule has 2 heterocycles. The summed E-state index contributed by atoms with van der Waals surface area (Å²) in [5.74, 6) is -0.866. The molecule has 1 aliphatic rings. The molecule has 1 aromatic heterocycles. The Morgan fingerprint density at radius 3 is 2.41 bits per heavy atom. The van der Waals surface area contributed by atoms with Gasteiger partial charge >= 0.3 is 6.09 Å². The van der Waals surface area contributed by atoms with Gasteiger partial charge in [-0.3, -0.25) is 14.3 Å². The highest BCUT2D eigenvalue weighted by Crippen LogP contribution is 2.21. The minimum atomic E-state index is -0.643. The first kappa shape index (κ1) is 23.6. The summed E-state index contributed by atoms with van der Waals surface area (Å²) in [6.07, 6.45) is -0.493. The van der Waals surface area contributed by atoms with E-state index in [-0.39, 0.29) is 31.2 Å². The van der Waals surface area contributed by atoms with Gasteiger partial charge in [0, 0.05) is 32.2 Å². The Bertz CT molecular complexity index is 1040. The molecule has 0 aliphatic carbocycles. The van der Waals surface area contributed by atoms with Crippen LogP contribution in [0.3, 0.4) is 0 Å². The van der Waals surface area contributed by atoms with Gasteiger partial charge in [-0.1, -0.05) is 18.2 Å². The maximum Gasteiger partial charge on any atom is 0.410 e. The lowest BCUT2D eigenvalue weighted by Gasteiger charge is -2.24. The van der Waals surface area contributed by atoms with E-state index in [1.54, 1.807) is 32.4 Å². The number of carbonyl (C=O) groups is 2. The molecule has 0 spiro atoms. The average Bonchev–Trinajstić information content (AvgIpc) is 3.24. The molecule has 0 saturated carbocycles. The number of aliphatic hydroxyl groups excluding tert-OH is 1. The zero-order chi connectivity index (χ0) is 23.6. The summed E-state index contributed by atoms with van der Waals surface area (Å²) in [6.45, 7) is 9.77. The zero-order valence-electron chi connectivity index (χ0n) is 19.3. The summed E-state index contributed by atoms with van der Waals surface area (Å²) in [6, 6.07) is 8.66. The van der Waals surface area contributed by atoms with E-state index in [9.17, 15) is 19.5 Å². The fourth-order valence-corrected chi connectivity index (χ4v) is 4.05. The lowest BCUT2D eigenvalue weighted by atomic mass is 10.0. The number of amides is 2. The highest BCUT2D eigenvalue weighted by atomic mass is 16.6. The van der Waals surface area contributed by atoms with Gasteiger partial charge in [0.25, 0.3) is 11.5 Å². The molecule has 2 atom stereocenters. The summed E-state index contributed by atoms with van der Waals surface area (Å²) in [4.78, 5) is 40.3. The number of aromatic nitrogens is 2. The second kappa shape index (κ2) is 9.20. The number of hydrogen-bond donors (Lipinski definition) is 2. The summed E-state index contributed by atoms with van der Waals surface area (Å²) in [5, 5.41) is 12.7. The third kappa shape index (κ3) is 4.72. The third-order valence-corrected chi connectivity index (χ3v) is 5.57. The molecule has 2 N–H and O–H groups in total.